The number of hydrogen-bond donors (Lipinski definition) is 1. The first-order chi connectivity index (χ1) is 12.9. The summed E-state index contributed by atoms with van der Waals surface area (Å²) in [5.74, 6) is 0.759. The number of alkyl halides is 3. The number of carbonyl (C=O) groups is 1. The van der Waals surface area contributed by atoms with E-state index in [1.165, 1.54) is 12.1 Å². The van der Waals surface area contributed by atoms with Crippen LogP contribution in [0.25, 0.3) is 11.0 Å². The minimum atomic E-state index is -4.45. The van der Waals surface area contributed by atoms with Crippen LogP contribution in [0.4, 0.5) is 13.2 Å². The number of amides is 1. The molecular formula is C20H18F3N3O. The van der Waals surface area contributed by atoms with Crippen LogP contribution >= 0.6 is 0 Å². The van der Waals surface area contributed by atoms with Gasteiger partial charge in [-0.2, -0.15) is 13.2 Å². The Labute approximate surface area is 154 Å². The number of para-hydroxylation sites is 2. The van der Waals surface area contributed by atoms with Crippen molar-refractivity contribution in [2.45, 2.75) is 24.9 Å². The number of piperidine rings is 1. The van der Waals surface area contributed by atoms with Crippen molar-refractivity contribution in [3.63, 3.8) is 0 Å². The van der Waals surface area contributed by atoms with Crippen LogP contribution in [0.5, 0.6) is 0 Å². The van der Waals surface area contributed by atoms with Gasteiger partial charge in [0.25, 0.3) is 5.91 Å². The standard InChI is InChI=1S/C20H18F3N3O/c21-20(22,23)15-5-3-4-14(12-15)19(27)26-10-8-13(9-11-26)18-24-16-6-1-2-7-17(16)25-18/h1-7,12-13H,8-11H2,(H,24,25). The molecule has 1 saturated heterocycles. The van der Waals surface area contributed by atoms with E-state index in [0.717, 1.165) is 41.8 Å². The Bertz CT molecular complexity index is 939. The van der Waals surface area contributed by atoms with Crippen LogP contribution in [0.2, 0.25) is 0 Å². The lowest BCUT2D eigenvalue weighted by Crippen LogP contribution is -2.38. The molecule has 2 aromatic carbocycles. The van der Waals surface area contributed by atoms with Gasteiger partial charge in [0.15, 0.2) is 0 Å². The molecule has 0 spiro atoms. The zero-order valence-electron chi connectivity index (χ0n) is 14.5. The van der Waals surface area contributed by atoms with E-state index in [2.05, 4.69) is 9.97 Å². The minimum Gasteiger partial charge on any atom is -0.342 e. The summed E-state index contributed by atoms with van der Waals surface area (Å²) in [6, 6.07) is 12.4. The molecule has 1 aromatic heterocycles. The number of fused-ring (bicyclic) bond motifs is 1. The first-order valence-electron chi connectivity index (χ1n) is 8.83. The van der Waals surface area contributed by atoms with Crippen molar-refractivity contribution in [1.82, 2.24) is 14.9 Å². The fourth-order valence-corrected chi connectivity index (χ4v) is 3.53. The van der Waals surface area contributed by atoms with Gasteiger partial charge in [0.2, 0.25) is 0 Å². The van der Waals surface area contributed by atoms with Gasteiger partial charge in [-0.05, 0) is 43.2 Å². The van der Waals surface area contributed by atoms with Crippen LogP contribution in [0.15, 0.2) is 48.5 Å². The van der Waals surface area contributed by atoms with Gasteiger partial charge in [-0.1, -0.05) is 18.2 Å². The van der Waals surface area contributed by atoms with Gasteiger partial charge in [0.1, 0.15) is 5.82 Å². The highest BCUT2D eigenvalue weighted by Crippen LogP contribution is 2.31. The zero-order valence-corrected chi connectivity index (χ0v) is 14.5. The molecule has 1 aliphatic heterocycles. The molecule has 7 heteroatoms. The van der Waals surface area contributed by atoms with Crippen LogP contribution in [-0.2, 0) is 6.18 Å². The predicted molar refractivity (Wildman–Crippen MR) is 95.4 cm³/mol. The second-order valence-electron chi connectivity index (χ2n) is 6.78. The lowest BCUT2D eigenvalue weighted by molar-refractivity contribution is -0.137. The molecule has 0 saturated carbocycles. The van der Waals surface area contributed by atoms with Gasteiger partial charge in [-0.25, -0.2) is 4.98 Å². The van der Waals surface area contributed by atoms with Gasteiger partial charge in [0, 0.05) is 24.6 Å². The fraction of sp³-hybridized carbons (Fsp3) is 0.300. The smallest absolute Gasteiger partial charge is 0.342 e. The topological polar surface area (TPSA) is 49.0 Å². The first-order valence-corrected chi connectivity index (χ1v) is 8.83. The number of aromatic amines is 1. The van der Waals surface area contributed by atoms with Crippen molar-refractivity contribution in [3.8, 4) is 0 Å². The number of imidazole rings is 1. The third-order valence-electron chi connectivity index (χ3n) is 5.01. The summed E-state index contributed by atoms with van der Waals surface area (Å²) in [7, 11) is 0. The number of aromatic nitrogens is 2. The van der Waals surface area contributed by atoms with E-state index in [4.69, 9.17) is 0 Å². The van der Waals surface area contributed by atoms with E-state index < -0.39 is 11.7 Å². The normalized spacial score (nSPS) is 16.0. The summed E-state index contributed by atoms with van der Waals surface area (Å²) in [5, 5.41) is 0. The van der Waals surface area contributed by atoms with Crippen molar-refractivity contribution in [2.24, 2.45) is 0 Å². The molecule has 1 aliphatic rings. The van der Waals surface area contributed by atoms with E-state index in [1.807, 2.05) is 24.3 Å². The van der Waals surface area contributed by atoms with Crippen molar-refractivity contribution in [2.75, 3.05) is 13.1 Å². The maximum absolute atomic E-state index is 12.9. The number of nitrogens with one attached hydrogen (secondary N) is 1. The van der Waals surface area contributed by atoms with Crippen LogP contribution in [0.1, 0.15) is 40.5 Å². The molecule has 140 valence electrons. The van der Waals surface area contributed by atoms with Gasteiger partial charge >= 0.3 is 6.18 Å². The molecular weight excluding hydrogens is 355 g/mol. The van der Waals surface area contributed by atoms with Crippen molar-refractivity contribution in [3.05, 3.63) is 65.5 Å². The molecule has 1 fully saturated rings. The Balaban J connectivity index is 1.45. The van der Waals surface area contributed by atoms with Gasteiger partial charge in [0.05, 0.1) is 16.6 Å². The fourth-order valence-electron chi connectivity index (χ4n) is 3.53. The highest BCUT2D eigenvalue weighted by molar-refractivity contribution is 5.94. The molecule has 4 nitrogen and oxygen atoms in total. The maximum Gasteiger partial charge on any atom is 0.416 e. The Morgan fingerprint density at radius 2 is 1.81 bits per heavy atom. The number of halogens is 3. The second kappa shape index (κ2) is 6.72. The van der Waals surface area contributed by atoms with Crippen molar-refractivity contribution in [1.29, 1.82) is 0 Å². The summed E-state index contributed by atoms with van der Waals surface area (Å²) >= 11 is 0. The molecule has 0 aliphatic carbocycles. The van der Waals surface area contributed by atoms with Crippen molar-refractivity contribution >= 4 is 16.9 Å². The number of likely N-dealkylation sites (tertiary alicyclic amines) is 1. The predicted octanol–water partition coefficient (Wildman–Crippen LogP) is 4.60. The molecule has 1 N–H and O–H groups in total. The lowest BCUT2D eigenvalue weighted by atomic mass is 9.95. The minimum absolute atomic E-state index is 0.0759. The first kappa shape index (κ1) is 17.6. The average Bonchev–Trinajstić information content (AvgIpc) is 3.11. The van der Waals surface area contributed by atoms with Crippen molar-refractivity contribution < 1.29 is 18.0 Å². The summed E-state index contributed by atoms with van der Waals surface area (Å²) in [5.41, 5.74) is 1.17. The third kappa shape index (κ3) is 3.54. The van der Waals surface area contributed by atoms with Crippen LogP contribution in [-0.4, -0.2) is 33.9 Å². The maximum atomic E-state index is 12.9. The molecule has 0 radical (unpaired) electrons. The summed E-state index contributed by atoms with van der Waals surface area (Å²) in [6.45, 7) is 0.994. The summed E-state index contributed by atoms with van der Waals surface area (Å²) < 4.78 is 38.6. The monoisotopic (exact) mass is 373 g/mol. The lowest BCUT2D eigenvalue weighted by Gasteiger charge is -2.31. The molecule has 27 heavy (non-hydrogen) atoms. The number of nitrogens with zero attached hydrogens (tertiary/aromatic N) is 2. The van der Waals surface area contributed by atoms with Crippen LogP contribution in [0, 0.1) is 0 Å². The molecule has 0 bridgehead atoms. The van der Waals surface area contributed by atoms with E-state index in [1.54, 1.807) is 4.90 Å². The van der Waals surface area contributed by atoms with Crippen LogP contribution < -0.4 is 0 Å². The Kier molecular flexibility index (Phi) is 4.37. The van der Waals surface area contributed by atoms with E-state index in [0.29, 0.717) is 13.1 Å². The number of hydrogen-bond acceptors (Lipinski definition) is 2. The number of H-pyrrole nitrogens is 1. The average molecular weight is 373 g/mol. The molecule has 0 atom stereocenters. The Morgan fingerprint density at radius 3 is 2.52 bits per heavy atom. The van der Waals surface area contributed by atoms with Gasteiger partial charge in [-0.15, -0.1) is 0 Å². The van der Waals surface area contributed by atoms with E-state index in [-0.39, 0.29) is 17.4 Å². The molecule has 0 unspecified atom stereocenters. The summed E-state index contributed by atoms with van der Waals surface area (Å²) in [4.78, 5) is 22.2. The van der Waals surface area contributed by atoms with Crippen LogP contribution in [0.3, 0.4) is 0 Å². The Morgan fingerprint density at radius 1 is 1.07 bits per heavy atom. The molecule has 3 aromatic rings. The molecule has 2 heterocycles. The largest absolute Gasteiger partial charge is 0.416 e. The SMILES string of the molecule is O=C(c1cccc(C(F)(F)F)c1)N1CCC(c2nc3ccccc3[nH]2)CC1. The number of rotatable bonds is 2. The Hall–Kier alpha value is -2.83. The third-order valence-corrected chi connectivity index (χ3v) is 5.01. The number of benzene rings is 2. The molecule has 1 amide bonds. The highest BCUT2D eigenvalue weighted by Gasteiger charge is 2.32. The molecule has 4 rings (SSSR count). The second-order valence-corrected chi connectivity index (χ2v) is 6.78. The zero-order chi connectivity index (χ0) is 19.0. The highest BCUT2D eigenvalue weighted by atomic mass is 19.4. The van der Waals surface area contributed by atoms with E-state index in [9.17, 15) is 18.0 Å². The van der Waals surface area contributed by atoms with Gasteiger partial charge in [-0.3, -0.25) is 4.79 Å². The van der Waals surface area contributed by atoms with Gasteiger partial charge < -0.3 is 9.88 Å². The summed E-state index contributed by atoms with van der Waals surface area (Å²) in [6.07, 6.45) is -3.00. The quantitative estimate of drug-likeness (QED) is 0.714. The number of carbonyl (C=O) groups excluding carboxylic acids is 1. The van der Waals surface area contributed by atoms with E-state index >= 15 is 0 Å².